The minimum atomic E-state index is 0.164. The molecule has 3 aromatic rings. The van der Waals surface area contributed by atoms with Crippen molar-refractivity contribution in [2.24, 2.45) is 0 Å². The van der Waals surface area contributed by atoms with Crippen molar-refractivity contribution in [1.29, 1.82) is 0 Å². The SMILES string of the molecule is C=CCc1ccccc1OCCCCn1c(C2CC(=O)N(C)C2)nc2ccccc21. The summed E-state index contributed by atoms with van der Waals surface area (Å²) in [6, 6.07) is 16.4. The fourth-order valence-electron chi connectivity index (χ4n) is 4.20. The molecule has 2 heterocycles. The summed E-state index contributed by atoms with van der Waals surface area (Å²) in [5.74, 6) is 2.34. The molecule has 0 bridgehead atoms. The summed E-state index contributed by atoms with van der Waals surface area (Å²) in [6.07, 6.45) is 5.21. The largest absolute Gasteiger partial charge is 0.493 e. The van der Waals surface area contributed by atoms with Crippen LogP contribution in [0.5, 0.6) is 5.75 Å². The van der Waals surface area contributed by atoms with Crippen molar-refractivity contribution < 1.29 is 9.53 Å². The lowest BCUT2D eigenvalue weighted by Gasteiger charge is -2.14. The molecular formula is C25H29N3O2. The first-order valence-electron chi connectivity index (χ1n) is 10.7. The number of para-hydroxylation sites is 3. The van der Waals surface area contributed by atoms with Gasteiger partial charge in [0.05, 0.1) is 17.6 Å². The van der Waals surface area contributed by atoms with Crippen LogP contribution in [0.15, 0.2) is 61.2 Å². The lowest BCUT2D eigenvalue weighted by Crippen LogP contribution is -2.19. The molecule has 0 aliphatic carbocycles. The fourth-order valence-corrected chi connectivity index (χ4v) is 4.20. The van der Waals surface area contributed by atoms with E-state index in [0.29, 0.717) is 13.0 Å². The summed E-state index contributed by atoms with van der Waals surface area (Å²) in [7, 11) is 1.87. The second kappa shape index (κ2) is 9.16. The predicted molar refractivity (Wildman–Crippen MR) is 120 cm³/mol. The number of ether oxygens (including phenoxy) is 1. The topological polar surface area (TPSA) is 47.4 Å². The van der Waals surface area contributed by atoms with E-state index >= 15 is 0 Å². The number of hydrogen-bond acceptors (Lipinski definition) is 3. The number of allylic oxidation sites excluding steroid dienone is 1. The number of aryl methyl sites for hydroxylation is 1. The van der Waals surface area contributed by atoms with Crippen molar-refractivity contribution in [3.63, 3.8) is 0 Å². The summed E-state index contributed by atoms with van der Waals surface area (Å²) in [5, 5.41) is 0. The smallest absolute Gasteiger partial charge is 0.223 e. The highest BCUT2D eigenvalue weighted by molar-refractivity contribution is 5.80. The first-order valence-corrected chi connectivity index (χ1v) is 10.7. The normalized spacial score (nSPS) is 16.4. The summed E-state index contributed by atoms with van der Waals surface area (Å²) in [4.78, 5) is 18.8. The summed E-state index contributed by atoms with van der Waals surface area (Å²) >= 11 is 0. The fraction of sp³-hybridized carbons (Fsp3) is 0.360. The van der Waals surface area contributed by atoms with Crippen LogP contribution in [-0.2, 0) is 17.8 Å². The zero-order valence-corrected chi connectivity index (χ0v) is 17.6. The van der Waals surface area contributed by atoms with Crippen molar-refractivity contribution in [1.82, 2.24) is 14.5 Å². The molecule has 4 rings (SSSR count). The van der Waals surface area contributed by atoms with Gasteiger partial charge in [0.25, 0.3) is 0 Å². The molecule has 0 spiro atoms. The molecule has 30 heavy (non-hydrogen) atoms. The van der Waals surface area contributed by atoms with Crippen LogP contribution in [0.25, 0.3) is 11.0 Å². The van der Waals surface area contributed by atoms with E-state index < -0.39 is 0 Å². The van der Waals surface area contributed by atoms with Gasteiger partial charge in [-0.1, -0.05) is 36.4 Å². The number of carbonyl (C=O) groups is 1. The van der Waals surface area contributed by atoms with Gasteiger partial charge in [0.2, 0.25) is 5.91 Å². The third-order valence-electron chi connectivity index (χ3n) is 5.76. The van der Waals surface area contributed by atoms with E-state index in [4.69, 9.17) is 9.72 Å². The number of imidazole rings is 1. The number of likely N-dealkylation sites (tertiary alicyclic amines) is 1. The average Bonchev–Trinajstić information content (AvgIpc) is 3.29. The number of rotatable bonds is 9. The van der Waals surface area contributed by atoms with Crippen molar-refractivity contribution in [3.05, 3.63) is 72.6 Å². The molecule has 0 N–H and O–H groups in total. The van der Waals surface area contributed by atoms with E-state index in [9.17, 15) is 4.79 Å². The Labute approximate surface area is 178 Å². The molecule has 1 atom stereocenters. The molecule has 1 aromatic heterocycles. The van der Waals surface area contributed by atoms with Gasteiger partial charge in [0, 0.05) is 32.5 Å². The number of amides is 1. The molecule has 1 fully saturated rings. The van der Waals surface area contributed by atoms with Gasteiger partial charge >= 0.3 is 0 Å². The second-order valence-corrected chi connectivity index (χ2v) is 7.94. The molecule has 0 radical (unpaired) electrons. The lowest BCUT2D eigenvalue weighted by atomic mass is 10.1. The molecule has 5 heteroatoms. The van der Waals surface area contributed by atoms with Crippen LogP contribution in [0, 0.1) is 0 Å². The molecule has 1 saturated heterocycles. The van der Waals surface area contributed by atoms with Crippen molar-refractivity contribution in [2.75, 3.05) is 20.2 Å². The number of likely N-dealkylation sites (N-methyl/N-ethyl adjacent to an activating group) is 1. The minimum absolute atomic E-state index is 0.164. The van der Waals surface area contributed by atoms with Crippen molar-refractivity contribution >= 4 is 16.9 Å². The number of unbranched alkanes of at least 4 members (excludes halogenated alkanes) is 1. The number of benzene rings is 2. The van der Waals surface area contributed by atoms with Gasteiger partial charge in [-0.05, 0) is 43.0 Å². The van der Waals surface area contributed by atoms with E-state index in [1.54, 1.807) is 0 Å². The first-order chi connectivity index (χ1) is 14.7. The highest BCUT2D eigenvalue weighted by atomic mass is 16.5. The second-order valence-electron chi connectivity index (χ2n) is 7.94. The monoisotopic (exact) mass is 403 g/mol. The minimum Gasteiger partial charge on any atom is -0.493 e. The quantitative estimate of drug-likeness (QED) is 0.388. The van der Waals surface area contributed by atoms with Gasteiger partial charge in [0.1, 0.15) is 11.6 Å². The van der Waals surface area contributed by atoms with Crippen LogP contribution in [0.3, 0.4) is 0 Å². The Balaban J connectivity index is 1.41. The third-order valence-corrected chi connectivity index (χ3v) is 5.76. The maximum absolute atomic E-state index is 12.1. The van der Waals surface area contributed by atoms with Crippen LogP contribution >= 0.6 is 0 Å². The number of aromatic nitrogens is 2. The number of nitrogens with zero attached hydrogens (tertiary/aromatic N) is 3. The van der Waals surface area contributed by atoms with E-state index in [1.165, 1.54) is 5.56 Å². The van der Waals surface area contributed by atoms with Crippen molar-refractivity contribution in [3.8, 4) is 5.75 Å². The van der Waals surface area contributed by atoms with Crippen LogP contribution < -0.4 is 4.74 Å². The molecule has 1 aliphatic heterocycles. The average molecular weight is 404 g/mol. The maximum Gasteiger partial charge on any atom is 0.223 e. The maximum atomic E-state index is 12.1. The Hall–Kier alpha value is -3.08. The van der Waals surface area contributed by atoms with Gasteiger partial charge in [-0.3, -0.25) is 4.79 Å². The van der Waals surface area contributed by atoms with E-state index in [-0.39, 0.29) is 11.8 Å². The lowest BCUT2D eigenvalue weighted by molar-refractivity contribution is -0.126. The van der Waals surface area contributed by atoms with Gasteiger partial charge in [-0.15, -0.1) is 6.58 Å². The van der Waals surface area contributed by atoms with Crippen LogP contribution in [0.2, 0.25) is 0 Å². The molecule has 2 aromatic carbocycles. The molecule has 156 valence electrons. The highest BCUT2D eigenvalue weighted by Gasteiger charge is 2.31. The van der Waals surface area contributed by atoms with Gasteiger partial charge in [0.15, 0.2) is 0 Å². The Morgan fingerprint density at radius 1 is 1.17 bits per heavy atom. The Bertz CT molecular complexity index is 1040. The summed E-state index contributed by atoms with van der Waals surface area (Å²) in [6.45, 7) is 6.12. The summed E-state index contributed by atoms with van der Waals surface area (Å²) < 4.78 is 8.33. The van der Waals surface area contributed by atoms with Gasteiger partial charge in [-0.25, -0.2) is 4.98 Å². The van der Waals surface area contributed by atoms with Crippen LogP contribution in [0.1, 0.15) is 36.6 Å². The van der Waals surface area contributed by atoms with Crippen LogP contribution in [-0.4, -0.2) is 40.6 Å². The number of hydrogen-bond donors (Lipinski definition) is 0. The van der Waals surface area contributed by atoms with Crippen molar-refractivity contribution in [2.45, 2.75) is 38.1 Å². The number of fused-ring (bicyclic) bond motifs is 1. The molecule has 5 nitrogen and oxygen atoms in total. The first kappa shape index (κ1) is 20.2. The molecule has 0 saturated carbocycles. The predicted octanol–water partition coefficient (Wildman–Crippen LogP) is 4.57. The zero-order valence-electron chi connectivity index (χ0n) is 17.6. The Kier molecular flexibility index (Phi) is 6.17. The van der Waals surface area contributed by atoms with Gasteiger partial charge in [-0.2, -0.15) is 0 Å². The van der Waals surface area contributed by atoms with E-state index in [0.717, 1.165) is 55.0 Å². The zero-order chi connectivity index (χ0) is 20.9. The summed E-state index contributed by atoms with van der Waals surface area (Å²) in [5.41, 5.74) is 3.32. The van der Waals surface area contributed by atoms with E-state index in [2.05, 4.69) is 35.4 Å². The van der Waals surface area contributed by atoms with Gasteiger partial charge < -0.3 is 14.2 Å². The molecule has 1 unspecified atom stereocenters. The molecule has 1 aliphatic rings. The molecular weight excluding hydrogens is 374 g/mol. The number of carbonyl (C=O) groups excluding carboxylic acids is 1. The van der Waals surface area contributed by atoms with E-state index in [1.807, 2.05) is 42.3 Å². The highest BCUT2D eigenvalue weighted by Crippen LogP contribution is 2.30. The van der Waals surface area contributed by atoms with Crippen LogP contribution in [0.4, 0.5) is 0 Å². The molecule has 1 amide bonds. The Morgan fingerprint density at radius 2 is 1.97 bits per heavy atom. The third kappa shape index (κ3) is 4.25. The standard InChI is InChI=1S/C25H29N3O2/c1-3-10-19-11-4-7-14-23(19)30-16-9-8-15-28-22-13-6-5-12-21(22)26-25(28)20-17-24(29)27(2)18-20/h3-7,11-14,20H,1,8-10,15-18H2,2H3. The Morgan fingerprint density at radius 3 is 2.77 bits per heavy atom.